The van der Waals surface area contributed by atoms with E-state index in [0.717, 1.165) is 34.3 Å². The molecule has 146 valence electrons. The van der Waals surface area contributed by atoms with Crippen LogP contribution in [0.1, 0.15) is 37.9 Å². The van der Waals surface area contributed by atoms with Gasteiger partial charge in [-0.15, -0.1) is 0 Å². The average molecular weight is 398 g/mol. The molecule has 28 heavy (non-hydrogen) atoms. The van der Waals surface area contributed by atoms with Crippen LogP contribution >= 0.6 is 0 Å². The number of aromatic nitrogens is 3. The van der Waals surface area contributed by atoms with E-state index >= 15 is 0 Å². The summed E-state index contributed by atoms with van der Waals surface area (Å²) < 4.78 is 27.2. The van der Waals surface area contributed by atoms with E-state index < -0.39 is 15.3 Å². The molecular formula is C20H23N5O2S. The maximum atomic E-state index is 12.9. The van der Waals surface area contributed by atoms with E-state index in [2.05, 4.69) is 20.3 Å². The number of pyridine rings is 1. The van der Waals surface area contributed by atoms with E-state index in [4.69, 9.17) is 0 Å². The lowest BCUT2D eigenvalue weighted by atomic mass is 10.2. The molecule has 1 unspecified atom stereocenters. The second-order valence-electron chi connectivity index (χ2n) is 7.10. The second kappa shape index (κ2) is 7.44. The summed E-state index contributed by atoms with van der Waals surface area (Å²) in [5, 5.41) is 3.91. The number of hydrogen-bond acceptors (Lipinski definition) is 6. The zero-order valence-electron chi connectivity index (χ0n) is 16.0. The Labute approximate surface area is 164 Å². The minimum atomic E-state index is -3.36. The summed E-state index contributed by atoms with van der Waals surface area (Å²) in [5.41, 5.74) is 3.30. The van der Waals surface area contributed by atoms with Crippen molar-refractivity contribution in [2.24, 2.45) is 0 Å². The van der Waals surface area contributed by atoms with Gasteiger partial charge in [0.05, 0.1) is 34.9 Å². The smallest absolute Gasteiger partial charge is 0.217 e. The number of para-hydroxylation sites is 1. The largest absolute Gasteiger partial charge is 0.339 e. The van der Waals surface area contributed by atoms with Gasteiger partial charge in [-0.1, -0.05) is 31.5 Å². The molecule has 0 amide bonds. The molecule has 0 aliphatic carbocycles. The van der Waals surface area contributed by atoms with Crippen LogP contribution < -0.4 is 5.32 Å². The highest BCUT2D eigenvalue weighted by molar-refractivity contribution is 7.89. The number of hydrogen-bond donors (Lipinski definition) is 1. The van der Waals surface area contributed by atoms with Gasteiger partial charge in [0.25, 0.3) is 0 Å². The number of rotatable bonds is 6. The Hall–Kier alpha value is -2.58. The maximum Gasteiger partial charge on any atom is 0.217 e. The van der Waals surface area contributed by atoms with Gasteiger partial charge in [0.2, 0.25) is 10.0 Å². The Kier molecular flexibility index (Phi) is 4.99. The lowest BCUT2D eigenvalue weighted by Crippen LogP contribution is -2.33. The summed E-state index contributed by atoms with van der Waals surface area (Å²) in [7, 11) is -3.36. The summed E-state index contributed by atoms with van der Waals surface area (Å²) >= 11 is 0. The Bertz CT molecular complexity index is 1120. The molecule has 0 saturated carbocycles. The van der Waals surface area contributed by atoms with E-state index in [1.54, 1.807) is 13.1 Å². The van der Waals surface area contributed by atoms with E-state index in [9.17, 15) is 8.42 Å². The molecule has 0 radical (unpaired) electrons. The Balaban J connectivity index is 1.60. The summed E-state index contributed by atoms with van der Waals surface area (Å²) in [6.07, 6.45) is 4.71. The monoisotopic (exact) mass is 397 g/mol. The van der Waals surface area contributed by atoms with Gasteiger partial charge in [0, 0.05) is 17.5 Å². The van der Waals surface area contributed by atoms with Crippen molar-refractivity contribution in [1.29, 1.82) is 0 Å². The van der Waals surface area contributed by atoms with Crippen molar-refractivity contribution in [3.8, 4) is 0 Å². The molecule has 3 heterocycles. The van der Waals surface area contributed by atoms with Crippen molar-refractivity contribution in [2.45, 2.75) is 45.0 Å². The summed E-state index contributed by atoms with van der Waals surface area (Å²) in [6, 6.07) is 9.89. The fourth-order valence-electron chi connectivity index (χ4n) is 3.52. The fourth-order valence-corrected chi connectivity index (χ4v) is 5.18. The highest BCUT2D eigenvalue weighted by Crippen LogP contribution is 2.31. The number of fused-ring (bicyclic) bond motifs is 2. The molecule has 1 aromatic carbocycles. The zero-order chi connectivity index (χ0) is 19.7. The Morgan fingerprint density at radius 1 is 1.18 bits per heavy atom. The number of nitrogens with one attached hydrogen (secondary N) is 1. The van der Waals surface area contributed by atoms with Crippen molar-refractivity contribution in [3.05, 3.63) is 54.1 Å². The third-order valence-electron chi connectivity index (χ3n) is 5.11. The molecule has 8 heteroatoms. The lowest BCUT2D eigenvalue weighted by Gasteiger charge is -2.20. The lowest BCUT2D eigenvalue weighted by molar-refractivity contribution is 0.419. The van der Waals surface area contributed by atoms with Gasteiger partial charge in [0.15, 0.2) is 0 Å². The molecule has 2 aromatic heterocycles. The van der Waals surface area contributed by atoms with Crippen LogP contribution in [0.2, 0.25) is 0 Å². The number of nitrogens with zero attached hydrogens (tertiary/aromatic N) is 4. The summed E-state index contributed by atoms with van der Waals surface area (Å²) in [4.78, 5) is 13.1. The average Bonchev–Trinajstić information content (AvgIpc) is 3.14. The Morgan fingerprint density at radius 2 is 2.00 bits per heavy atom. The highest BCUT2D eigenvalue weighted by Gasteiger charge is 2.35. The van der Waals surface area contributed by atoms with Gasteiger partial charge >= 0.3 is 0 Å². The first kappa shape index (κ1) is 18.8. The SMILES string of the molecule is CCCC(C)S(=O)(=O)N1Cc2ncnc(Nc3cnc4ccccc4c3)c2C1. The maximum absolute atomic E-state index is 12.9. The number of sulfonamides is 1. The summed E-state index contributed by atoms with van der Waals surface area (Å²) in [5.74, 6) is 0.628. The summed E-state index contributed by atoms with van der Waals surface area (Å²) in [6.45, 7) is 4.35. The first-order valence-corrected chi connectivity index (χ1v) is 10.9. The van der Waals surface area contributed by atoms with E-state index in [-0.39, 0.29) is 6.54 Å². The number of benzene rings is 1. The molecule has 0 saturated heterocycles. The topological polar surface area (TPSA) is 88.1 Å². The van der Waals surface area contributed by atoms with Crippen molar-refractivity contribution in [3.63, 3.8) is 0 Å². The quantitative estimate of drug-likeness (QED) is 0.684. The van der Waals surface area contributed by atoms with Crippen LogP contribution in [-0.2, 0) is 23.1 Å². The highest BCUT2D eigenvalue weighted by atomic mass is 32.2. The van der Waals surface area contributed by atoms with E-state index in [0.29, 0.717) is 18.8 Å². The van der Waals surface area contributed by atoms with Crippen LogP contribution in [-0.4, -0.2) is 32.9 Å². The van der Waals surface area contributed by atoms with Crippen LogP contribution in [0.4, 0.5) is 11.5 Å². The van der Waals surface area contributed by atoms with Crippen molar-refractivity contribution >= 4 is 32.4 Å². The number of anilines is 2. The molecule has 4 rings (SSSR count). The molecule has 7 nitrogen and oxygen atoms in total. The van der Waals surface area contributed by atoms with Crippen LogP contribution in [0.3, 0.4) is 0 Å². The van der Waals surface area contributed by atoms with Gasteiger partial charge < -0.3 is 5.32 Å². The molecule has 1 aliphatic rings. The van der Waals surface area contributed by atoms with Gasteiger partial charge in [-0.2, -0.15) is 4.31 Å². The second-order valence-corrected chi connectivity index (χ2v) is 9.45. The van der Waals surface area contributed by atoms with Crippen molar-refractivity contribution in [1.82, 2.24) is 19.3 Å². The molecule has 0 spiro atoms. The van der Waals surface area contributed by atoms with E-state index in [1.165, 1.54) is 10.6 Å². The predicted octanol–water partition coefficient (Wildman–Crippen LogP) is 3.60. The van der Waals surface area contributed by atoms with Crippen LogP contribution in [0.25, 0.3) is 10.9 Å². The normalized spacial score (nSPS) is 15.5. The first-order valence-electron chi connectivity index (χ1n) is 9.42. The molecule has 0 bridgehead atoms. The van der Waals surface area contributed by atoms with E-state index in [1.807, 2.05) is 37.3 Å². The van der Waals surface area contributed by atoms with Crippen molar-refractivity contribution < 1.29 is 8.42 Å². The minimum absolute atomic E-state index is 0.288. The van der Waals surface area contributed by atoms with Crippen LogP contribution in [0, 0.1) is 0 Å². The molecular weight excluding hydrogens is 374 g/mol. The third-order valence-corrected chi connectivity index (χ3v) is 7.34. The van der Waals surface area contributed by atoms with Crippen LogP contribution in [0.5, 0.6) is 0 Å². The van der Waals surface area contributed by atoms with Gasteiger partial charge in [-0.05, 0) is 25.5 Å². The Morgan fingerprint density at radius 3 is 2.82 bits per heavy atom. The molecule has 3 aromatic rings. The molecule has 1 N–H and O–H groups in total. The third kappa shape index (κ3) is 3.45. The molecule has 1 atom stereocenters. The molecule has 1 aliphatic heterocycles. The standard InChI is InChI=1S/C20H23N5O2S/c1-3-6-14(2)28(26,27)25-11-17-19(12-25)22-13-23-20(17)24-16-9-15-7-4-5-8-18(15)21-10-16/h4-5,7-10,13-14H,3,6,11-12H2,1-2H3,(H,22,23,24). The fraction of sp³-hybridized carbons (Fsp3) is 0.350. The van der Waals surface area contributed by atoms with Crippen LogP contribution in [0.15, 0.2) is 42.9 Å². The zero-order valence-corrected chi connectivity index (χ0v) is 16.8. The van der Waals surface area contributed by atoms with Gasteiger partial charge in [-0.3, -0.25) is 4.98 Å². The van der Waals surface area contributed by atoms with Gasteiger partial charge in [0.1, 0.15) is 12.1 Å². The molecule has 0 fully saturated rings. The first-order chi connectivity index (χ1) is 13.5. The minimum Gasteiger partial charge on any atom is -0.339 e. The van der Waals surface area contributed by atoms with Gasteiger partial charge in [-0.25, -0.2) is 18.4 Å². The van der Waals surface area contributed by atoms with Crippen molar-refractivity contribution in [2.75, 3.05) is 5.32 Å². The predicted molar refractivity (Wildman–Crippen MR) is 110 cm³/mol.